The lowest BCUT2D eigenvalue weighted by Gasteiger charge is -2.31. The largest absolute Gasteiger partial charge is 0.325 e. The van der Waals surface area contributed by atoms with Crippen molar-refractivity contribution in [3.63, 3.8) is 0 Å². The maximum absolute atomic E-state index is 12.0. The van der Waals surface area contributed by atoms with Crippen LogP contribution in [0.1, 0.15) is 12.8 Å². The van der Waals surface area contributed by atoms with Gasteiger partial charge in [-0.1, -0.05) is 17.7 Å². The van der Waals surface area contributed by atoms with Crippen LogP contribution in [0.15, 0.2) is 24.3 Å². The van der Waals surface area contributed by atoms with Gasteiger partial charge >= 0.3 is 0 Å². The van der Waals surface area contributed by atoms with E-state index in [9.17, 15) is 4.79 Å². The number of piperidine rings is 1. The molecule has 1 atom stereocenters. The molecule has 0 radical (unpaired) electrons. The lowest BCUT2D eigenvalue weighted by molar-refractivity contribution is -0.117. The van der Waals surface area contributed by atoms with E-state index in [0.29, 0.717) is 17.6 Å². The predicted molar refractivity (Wildman–Crippen MR) is 78.6 cm³/mol. The number of likely N-dealkylation sites (N-methyl/N-ethyl adjacent to an activating group) is 1. The minimum Gasteiger partial charge on any atom is -0.325 e. The van der Waals surface area contributed by atoms with Gasteiger partial charge in [-0.25, -0.2) is 0 Å². The Balaban J connectivity index is 1.83. The van der Waals surface area contributed by atoms with Crippen molar-refractivity contribution in [1.29, 1.82) is 0 Å². The zero-order chi connectivity index (χ0) is 13.7. The minimum absolute atomic E-state index is 0.00431. The summed E-state index contributed by atoms with van der Waals surface area (Å²) in [5.41, 5.74) is 0.743. The standard InChI is InChI=1S/C14H20ClN3O/c1-18(13-6-3-7-16-9-13)10-14(19)17-12-5-2-4-11(15)8-12/h2,4-5,8,13,16H,3,6-7,9-10H2,1H3,(H,17,19). The van der Waals surface area contributed by atoms with Crippen LogP contribution in [-0.4, -0.2) is 43.5 Å². The van der Waals surface area contributed by atoms with E-state index in [1.165, 1.54) is 6.42 Å². The molecule has 1 heterocycles. The summed E-state index contributed by atoms with van der Waals surface area (Å²) in [7, 11) is 2.00. The number of hydrogen-bond donors (Lipinski definition) is 2. The van der Waals surface area contributed by atoms with E-state index in [4.69, 9.17) is 11.6 Å². The molecule has 1 aromatic rings. The summed E-state index contributed by atoms with van der Waals surface area (Å²) in [6, 6.07) is 7.65. The Hall–Kier alpha value is -1.10. The molecule has 5 heteroatoms. The fourth-order valence-corrected chi connectivity index (χ4v) is 2.52. The molecule has 1 fully saturated rings. The van der Waals surface area contributed by atoms with E-state index in [0.717, 1.165) is 25.2 Å². The van der Waals surface area contributed by atoms with Gasteiger partial charge in [-0.15, -0.1) is 0 Å². The third-order valence-corrected chi connectivity index (χ3v) is 3.63. The van der Waals surface area contributed by atoms with Gasteiger partial charge in [-0.2, -0.15) is 0 Å². The van der Waals surface area contributed by atoms with E-state index in [1.807, 2.05) is 19.2 Å². The molecule has 2 rings (SSSR count). The average Bonchev–Trinajstić information content (AvgIpc) is 2.39. The Kier molecular flexibility index (Phi) is 5.19. The number of nitrogens with one attached hydrogen (secondary N) is 2. The Morgan fingerprint density at radius 1 is 1.58 bits per heavy atom. The predicted octanol–water partition coefficient (Wildman–Crippen LogP) is 1.96. The van der Waals surface area contributed by atoms with Crippen LogP contribution in [0.25, 0.3) is 0 Å². The van der Waals surface area contributed by atoms with Crippen LogP contribution in [0.3, 0.4) is 0 Å². The molecule has 2 N–H and O–H groups in total. The lowest BCUT2D eigenvalue weighted by atomic mass is 10.1. The number of anilines is 1. The van der Waals surface area contributed by atoms with Crippen molar-refractivity contribution in [3.8, 4) is 0 Å². The number of nitrogens with zero attached hydrogens (tertiary/aromatic N) is 1. The highest BCUT2D eigenvalue weighted by Gasteiger charge is 2.19. The van der Waals surface area contributed by atoms with Gasteiger partial charge in [0.2, 0.25) is 5.91 Å². The molecule has 0 aliphatic carbocycles. The number of amides is 1. The first-order valence-corrected chi connectivity index (χ1v) is 6.99. The van der Waals surface area contributed by atoms with E-state index in [1.54, 1.807) is 12.1 Å². The Labute approximate surface area is 119 Å². The average molecular weight is 282 g/mol. The highest BCUT2D eigenvalue weighted by molar-refractivity contribution is 6.30. The van der Waals surface area contributed by atoms with Crippen LogP contribution in [0.5, 0.6) is 0 Å². The molecule has 0 spiro atoms. The first-order chi connectivity index (χ1) is 9.15. The topological polar surface area (TPSA) is 44.4 Å². The summed E-state index contributed by atoms with van der Waals surface area (Å²) in [4.78, 5) is 14.1. The van der Waals surface area contributed by atoms with Crippen molar-refractivity contribution in [3.05, 3.63) is 29.3 Å². The SMILES string of the molecule is CN(CC(=O)Nc1cccc(Cl)c1)C1CCCNC1. The van der Waals surface area contributed by atoms with Crippen molar-refractivity contribution in [2.45, 2.75) is 18.9 Å². The molecule has 19 heavy (non-hydrogen) atoms. The molecule has 1 aliphatic heterocycles. The highest BCUT2D eigenvalue weighted by atomic mass is 35.5. The summed E-state index contributed by atoms with van der Waals surface area (Å²) in [6.45, 7) is 2.44. The number of benzene rings is 1. The van der Waals surface area contributed by atoms with Crippen molar-refractivity contribution >= 4 is 23.2 Å². The number of carbonyl (C=O) groups excluding carboxylic acids is 1. The van der Waals surface area contributed by atoms with Crippen molar-refractivity contribution in [2.24, 2.45) is 0 Å². The van der Waals surface area contributed by atoms with Crippen LogP contribution in [0.2, 0.25) is 5.02 Å². The molecular weight excluding hydrogens is 262 g/mol. The zero-order valence-corrected chi connectivity index (χ0v) is 11.9. The van der Waals surface area contributed by atoms with Crippen LogP contribution in [-0.2, 0) is 4.79 Å². The van der Waals surface area contributed by atoms with Gasteiger partial charge < -0.3 is 10.6 Å². The number of rotatable bonds is 4. The molecule has 1 amide bonds. The summed E-state index contributed by atoms with van der Waals surface area (Å²) < 4.78 is 0. The third-order valence-electron chi connectivity index (χ3n) is 3.40. The van der Waals surface area contributed by atoms with Crippen molar-refractivity contribution in [1.82, 2.24) is 10.2 Å². The Morgan fingerprint density at radius 2 is 2.42 bits per heavy atom. The second-order valence-electron chi connectivity index (χ2n) is 4.97. The smallest absolute Gasteiger partial charge is 0.238 e. The van der Waals surface area contributed by atoms with Gasteiger partial charge in [0.15, 0.2) is 0 Å². The van der Waals surface area contributed by atoms with Crippen molar-refractivity contribution in [2.75, 3.05) is 32.0 Å². The van der Waals surface area contributed by atoms with Gasteiger partial charge in [0.25, 0.3) is 0 Å². The molecule has 0 aromatic heterocycles. The number of halogens is 1. The molecular formula is C14H20ClN3O. The van der Waals surface area contributed by atoms with Gasteiger partial charge in [-0.3, -0.25) is 9.69 Å². The van der Waals surface area contributed by atoms with Gasteiger partial charge in [0.05, 0.1) is 6.54 Å². The maximum atomic E-state index is 12.0. The summed E-state index contributed by atoms with van der Waals surface area (Å²) in [5, 5.41) is 6.85. The molecule has 0 saturated carbocycles. The fraction of sp³-hybridized carbons (Fsp3) is 0.500. The van der Waals surface area contributed by atoms with E-state index in [2.05, 4.69) is 15.5 Å². The van der Waals surface area contributed by atoms with Crippen LogP contribution in [0, 0.1) is 0 Å². The van der Waals surface area contributed by atoms with Gasteiger partial charge in [-0.05, 0) is 44.6 Å². The summed E-state index contributed by atoms with van der Waals surface area (Å²) in [5.74, 6) is -0.00431. The van der Waals surface area contributed by atoms with Gasteiger partial charge in [0, 0.05) is 23.3 Å². The molecule has 1 saturated heterocycles. The van der Waals surface area contributed by atoms with E-state index < -0.39 is 0 Å². The summed E-state index contributed by atoms with van der Waals surface area (Å²) in [6.07, 6.45) is 2.32. The van der Waals surface area contributed by atoms with Crippen molar-refractivity contribution < 1.29 is 4.79 Å². The molecule has 1 aliphatic rings. The van der Waals surface area contributed by atoms with Crippen LogP contribution >= 0.6 is 11.6 Å². The lowest BCUT2D eigenvalue weighted by Crippen LogP contribution is -2.46. The monoisotopic (exact) mass is 281 g/mol. The number of carbonyl (C=O) groups is 1. The van der Waals surface area contributed by atoms with E-state index >= 15 is 0 Å². The molecule has 1 unspecified atom stereocenters. The van der Waals surface area contributed by atoms with Crippen LogP contribution < -0.4 is 10.6 Å². The maximum Gasteiger partial charge on any atom is 0.238 e. The fourth-order valence-electron chi connectivity index (χ4n) is 2.33. The molecule has 0 bridgehead atoms. The second-order valence-corrected chi connectivity index (χ2v) is 5.41. The number of hydrogen-bond acceptors (Lipinski definition) is 3. The highest BCUT2D eigenvalue weighted by Crippen LogP contribution is 2.15. The van der Waals surface area contributed by atoms with Crippen LogP contribution in [0.4, 0.5) is 5.69 Å². The van der Waals surface area contributed by atoms with E-state index in [-0.39, 0.29) is 5.91 Å². The minimum atomic E-state index is -0.00431. The summed E-state index contributed by atoms with van der Waals surface area (Å²) >= 11 is 5.89. The molecule has 4 nitrogen and oxygen atoms in total. The second kappa shape index (κ2) is 6.89. The molecule has 104 valence electrons. The molecule has 1 aromatic carbocycles. The van der Waals surface area contributed by atoms with Gasteiger partial charge in [0.1, 0.15) is 0 Å². The zero-order valence-electron chi connectivity index (χ0n) is 11.2. The quantitative estimate of drug-likeness (QED) is 0.887. The first kappa shape index (κ1) is 14.3. The third kappa shape index (κ3) is 4.49. The Bertz CT molecular complexity index is 432. The normalized spacial score (nSPS) is 19.4. The first-order valence-electron chi connectivity index (χ1n) is 6.61. The Morgan fingerprint density at radius 3 is 3.11 bits per heavy atom.